The molecule has 3 N–H and O–H groups in total. The second-order valence-corrected chi connectivity index (χ2v) is 4.30. The first-order valence-corrected chi connectivity index (χ1v) is 5.58. The first kappa shape index (κ1) is 12.1. The van der Waals surface area contributed by atoms with E-state index in [1.165, 1.54) is 0 Å². The van der Waals surface area contributed by atoms with E-state index in [0.717, 1.165) is 5.57 Å². The Morgan fingerprint density at radius 3 is 2.33 bits per heavy atom. The lowest BCUT2D eigenvalue weighted by Crippen LogP contribution is -2.34. The number of Topliss-reactive ketones (excluding diaryl/α,β-unsaturated/α-hetero) is 2. The van der Waals surface area contributed by atoms with E-state index in [-0.39, 0.29) is 23.0 Å². The first-order chi connectivity index (χ1) is 8.52. The Morgan fingerprint density at radius 1 is 1.22 bits per heavy atom. The van der Waals surface area contributed by atoms with Gasteiger partial charge >= 0.3 is 0 Å². The van der Waals surface area contributed by atoms with Crippen LogP contribution in [0.3, 0.4) is 0 Å². The van der Waals surface area contributed by atoms with Crippen LogP contribution in [0.25, 0.3) is 0 Å². The van der Waals surface area contributed by atoms with Gasteiger partial charge in [0.15, 0.2) is 0 Å². The number of hydrogen-bond donors (Lipinski definition) is 2. The number of carbonyl (C=O) groups is 2. The number of nitrogens with one attached hydrogen (secondary N) is 1. The normalized spacial score (nSPS) is 14.5. The predicted molar refractivity (Wildman–Crippen MR) is 69.1 cm³/mol. The van der Waals surface area contributed by atoms with Crippen molar-refractivity contribution >= 4 is 11.6 Å². The smallest absolute Gasteiger partial charge is 0.211 e. The fourth-order valence-electron chi connectivity index (χ4n) is 1.81. The molecule has 1 aromatic rings. The van der Waals surface area contributed by atoms with Crippen LogP contribution in [0.4, 0.5) is 0 Å². The zero-order valence-electron chi connectivity index (χ0n) is 10.1. The second-order valence-electron chi connectivity index (χ2n) is 4.30. The van der Waals surface area contributed by atoms with Gasteiger partial charge in [0.1, 0.15) is 11.4 Å². The Morgan fingerprint density at radius 2 is 1.78 bits per heavy atom. The monoisotopic (exact) mass is 242 g/mol. The van der Waals surface area contributed by atoms with Gasteiger partial charge in [0.25, 0.3) is 0 Å². The van der Waals surface area contributed by atoms with Crippen LogP contribution in [0.5, 0.6) is 0 Å². The van der Waals surface area contributed by atoms with Crippen molar-refractivity contribution in [2.45, 2.75) is 6.92 Å². The molecule has 1 aliphatic rings. The maximum absolute atomic E-state index is 12.2. The van der Waals surface area contributed by atoms with Crippen molar-refractivity contribution in [3.63, 3.8) is 0 Å². The standard InChI is InChI=1S/C14H14N2O2/c1-8(2)7-16-12-11(15)13(17)9-5-3-4-6-10(9)14(12)18/h3-6,16H,1,7,15H2,2H3. The molecule has 0 radical (unpaired) electrons. The third-order valence-corrected chi connectivity index (χ3v) is 2.72. The van der Waals surface area contributed by atoms with Crippen molar-refractivity contribution in [2.24, 2.45) is 5.73 Å². The molecule has 0 amide bonds. The van der Waals surface area contributed by atoms with Crippen molar-refractivity contribution in [2.75, 3.05) is 6.54 Å². The van der Waals surface area contributed by atoms with Crippen molar-refractivity contribution in [1.29, 1.82) is 0 Å². The highest BCUT2D eigenvalue weighted by molar-refractivity contribution is 6.26. The molecule has 1 aromatic carbocycles. The quantitative estimate of drug-likeness (QED) is 0.786. The molecule has 92 valence electrons. The molecule has 0 saturated heterocycles. The summed E-state index contributed by atoms with van der Waals surface area (Å²) in [5.74, 6) is -0.557. The largest absolute Gasteiger partial charge is 0.394 e. The van der Waals surface area contributed by atoms with Crippen LogP contribution in [0.2, 0.25) is 0 Å². The van der Waals surface area contributed by atoms with Crippen molar-refractivity contribution < 1.29 is 9.59 Å². The lowest BCUT2D eigenvalue weighted by molar-refractivity contribution is 0.0968. The number of nitrogens with two attached hydrogens (primary N) is 1. The molecule has 0 aliphatic heterocycles. The second kappa shape index (κ2) is 4.49. The molecule has 0 unspecified atom stereocenters. The Hall–Kier alpha value is -2.36. The van der Waals surface area contributed by atoms with Crippen LogP contribution in [0.1, 0.15) is 27.6 Å². The van der Waals surface area contributed by atoms with Crippen LogP contribution in [0, 0.1) is 0 Å². The van der Waals surface area contributed by atoms with Crippen LogP contribution in [-0.4, -0.2) is 18.1 Å². The third kappa shape index (κ3) is 1.93. The Bertz CT molecular complexity index is 585. The number of hydrogen-bond acceptors (Lipinski definition) is 4. The van der Waals surface area contributed by atoms with Crippen molar-refractivity contribution in [1.82, 2.24) is 5.32 Å². The van der Waals surface area contributed by atoms with Crippen molar-refractivity contribution in [3.05, 3.63) is 58.9 Å². The van der Waals surface area contributed by atoms with E-state index in [9.17, 15) is 9.59 Å². The topological polar surface area (TPSA) is 72.2 Å². The van der Waals surface area contributed by atoms with Gasteiger partial charge in [0.05, 0.1) is 0 Å². The fraction of sp³-hybridized carbons (Fsp3) is 0.143. The number of fused-ring (bicyclic) bond motifs is 1. The van der Waals surface area contributed by atoms with E-state index in [4.69, 9.17) is 5.73 Å². The summed E-state index contributed by atoms with van der Waals surface area (Å²) in [6.45, 7) is 5.97. The van der Waals surface area contributed by atoms with Gasteiger partial charge in [-0.25, -0.2) is 0 Å². The summed E-state index contributed by atoms with van der Waals surface area (Å²) >= 11 is 0. The molecular weight excluding hydrogens is 228 g/mol. The van der Waals surface area contributed by atoms with Gasteiger partial charge in [0.2, 0.25) is 11.6 Å². The average Bonchev–Trinajstić information content (AvgIpc) is 2.36. The van der Waals surface area contributed by atoms with E-state index in [1.54, 1.807) is 24.3 Å². The van der Waals surface area contributed by atoms with E-state index >= 15 is 0 Å². The Labute approximate surface area is 105 Å². The highest BCUT2D eigenvalue weighted by atomic mass is 16.1. The number of carbonyl (C=O) groups excluding carboxylic acids is 2. The van der Waals surface area contributed by atoms with Gasteiger partial charge in [-0.2, -0.15) is 0 Å². The molecule has 0 bridgehead atoms. The predicted octanol–water partition coefficient (Wildman–Crippen LogP) is 1.40. The molecule has 0 atom stereocenters. The highest BCUT2D eigenvalue weighted by Crippen LogP contribution is 2.22. The van der Waals surface area contributed by atoms with Crippen LogP contribution < -0.4 is 11.1 Å². The zero-order valence-corrected chi connectivity index (χ0v) is 10.1. The number of ketones is 2. The van der Waals surface area contributed by atoms with Crippen LogP contribution >= 0.6 is 0 Å². The summed E-state index contributed by atoms with van der Waals surface area (Å²) < 4.78 is 0. The fourth-order valence-corrected chi connectivity index (χ4v) is 1.81. The van der Waals surface area contributed by atoms with Crippen LogP contribution in [-0.2, 0) is 0 Å². The zero-order chi connectivity index (χ0) is 13.3. The molecule has 4 nitrogen and oxygen atoms in total. The molecule has 0 aromatic heterocycles. The average molecular weight is 242 g/mol. The van der Waals surface area contributed by atoms with E-state index in [2.05, 4.69) is 11.9 Å². The van der Waals surface area contributed by atoms with Gasteiger partial charge in [-0.15, -0.1) is 0 Å². The van der Waals surface area contributed by atoms with Gasteiger partial charge in [-0.3, -0.25) is 9.59 Å². The molecule has 0 spiro atoms. The highest BCUT2D eigenvalue weighted by Gasteiger charge is 2.30. The summed E-state index contributed by atoms with van der Waals surface area (Å²) in [6.07, 6.45) is 0. The van der Waals surface area contributed by atoms with Gasteiger partial charge in [-0.1, -0.05) is 36.4 Å². The Balaban J connectivity index is 2.43. The number of rotatable bonds is 3. The Kier molecular flexibility index (Phi) is 3.02. The van der Waals surface area contributed by atoms with Gasteiger partial charge < -0.3 is 11.1 Å². The van der Waals surface area contributed by atoms with Crippen LogP contribution in [0.15, 0.2) is 47.8 Å². The summed E-state index contributed by atoms with van der Waals surface area (Å²) in [4.78, 5) is 24.2. The molecule has 0 heterocycles. The summed E-state index contributed by atoms with van der Waals surface area (Å²) in [7, 11) is 0. The summed E-state index contributed by atoms with van der Waals surface area (Å²) in [5, 5.41) is 2.88. The maximum atomic E-state index is 12.2. The SMILES string of the molecule is C=C(C)CNC1=C(N)C(=O)c2ccccc2C1=O. The summed E-state index contributed by atoms with van der Waals surface area (Å²) in [6, 6.07) is 6.67. The molecule has 0 saturated carbocycles. The van der Waals surface area contributed by atoms with Gasteiger partial charge in [0, 0.05) is 17.7 Å². The molecule has 18 heavy (non-hydrogen) atoms. The molecule has 2 rings (SSSR count). The van der Waals surface area contributed by atoms with E-state index in [1.807, 2.05) is 6.92 Å². The lowest BCUT2D eigenvalue weighted by atomic mass is 9.90. The molecule has 4 heteroatoms. The number of allylic oxidation sites excluding steroid dienone is 2. The third-order valence-electron chi connectivity index (χ3n) is 2.72. The van der Waals surface area contributed by atoms with E-state index < -0.39 is 0 Å². The first-order valence-electron chi connectivity index (χ1n) is 5.58. The van der Waals surface area contributed by atoms with Gasteiger partial charge in [-0.05, 0) is 6.92 Å². The minimum atomic E-state index is -0.311. The minimum Gasteiger partial charge on any atom is -0.394 e. The molecular formula is C14H14N2O2. The van der Waals surface area contributed by atoms with E-state index in [0.29, 0.717) is 17.7 Å². The number of benzene rings is 1. The molecule has 0 fully saturated rings. The summed E-state index contributed by atoms with van der Waals surface area (Å²) in [5.41, 5.74) is 7.48. The molecule has 1 aliphatic carbocycles. The minimum absolute atomic E-state index is 0.0278. The van der Waals surface area contributed by atoms with Crippen molar-refractivity contribution in [3.8, 4) is 0 Å². The lowest BCUT2D eigenvalue weighted by Gasteiger charge is -2.19. The maximum Gasteiger partial charge on any atom is 0.211 e.